The Morgan fingerprint density at radius 1 is 1.26 bits per heavy atom. The molecule has 1 aliphatic rings. The molecule has 1 aromatic carbocycles. The number of ether oxygens (including phenoxy) is 1. The molecule has 2 amide bonds. The van der Waals surface area contributed by atoms with Crippen LogP contribution in [0.3, 0.4) is 0 Å². The molecule has 3 rings (SSSR count). The highest BCUT2D eigenvalue weighted by molar-refractivity contribution is 7.11. The molecule has 0 atom stereocenters. The Hall–Kier alpha value is -2.50. The zero-order valence-corrected chi connectivity index (χ0v) is 20.4. The summed E-state index contributed by atoms with van der Waals surface area (Å²) in [6, 6.07) is 1.41. The molecule has 1 saturated heterocycles. The Morgan fingerprint density at radius 3 is 2.56 bits per heavy atom. The molecule has 1 fully saturated rings. The summed E-state index contributed by atoms with van der Waals surface area (Å²) < 4.78 is 37.2. The van der Waals surface area contributed by atoms with Crippen LogP contribution in [0, 0.1) is 11.6 Å². The van der Waals surface area contributed by atoms with Gasteiger partial charge in [0.15, 0.2) is 5.56 Å². The number of hydrogen-bond acceptors (Lipinski definition) is 6. The van der Waals surface area contributed by atoms with Gasteiger partial charge < -0.3 is 19.6 Å². The van der Waals surface area contributed by atoms with Crippen molar-refractivity contribution in [3.05, 3.63) is 39.9 Å². The minimum atomic E-state index is -1.38. The van der Waals surface area contributed by atoms with E-state index in [9.17, 15) is 23.5 Å². The number of aromatic nitrogens is 1. The number of halogens is 3. The summed E-state index contributed by atoms with van der Waals surface area (Å²) in [7, 11) is 0. The minimum absolute atomic E-state index is 0.0138. The van der Waals surface area contributed by atoms with Crippen LogP contribution >= 0.6 is 23.1 Å². The van der Waals surface area contributed by atoms with E-state index in [1.54, 1.807) is 4.90 Å². The predicted molar refractivity (Wildman–Crippen MR) is 126 cm³/mol. The van der Waals surface area contributed by atoms with E-state index in [4.69, 9.17) is 16.3 Å². The quantitative estimate of drug-likeness (QED) is 0.404. The first-order valence-electron chi connectivity index (χ1n) is 11.1. The highest BCUT2D eigenvalue weighted by Crippen LogP contribution is 2.32. The van der Waals surface area contributed by atoms with Crippen molar-refractivity contribution in [2.45, 2.75) is 39.2 Å². The van der Waals surface area contributed by atoms with E-state index in [0.29, 0.717) is 13.1 Å². The lowest BCUT2D eigenvalue weighted by atomic mass is 10.2. The van der Waals surface area contributed by atoms with Gasteiger partial charge in [0.05, 0.1) is 5.56 Å². The number of carboxylic acids is 1. The van der Waals surface area contributed by atoms with Crippen LogP contribution in [0.25, 0.3) is 0 Å². The van der Waals surface area contributed by atoms with Gasteiger partial charge in [-0.25, -0.2) is 18.4 Å². The number of benzene rings is 1. The average molecular weight is 517 g/mol. The van der Waals surface area contributed by atoms with E-state index < -0.39 is 35.8 Å². The molecule has 2 N–H and O–H groups in total. The highest BCUT2D eigenvalue weighted by atomic mass is 35.5. The molecule has 0 radical (unpaired) electrons. The van der Waals surface area contributed by atoms with E-state index in [1.807, 2.05) is 6.92 Å². The minimum Gasteiger partial charge on any atom is -0.477 e. The molecular formula is C22H27ClF2N4O4S. The maximum atomic E-state index is 14.0. The number of nitrogens with one attached hydrogen (secondary N) is 1. The SMILES string of the molecule is CCN(CCCCN1CCCC1)C(=O)Nc1snc(OCc2c(F)cc(Cl)cc2F)c1C(=O)O. The van der Waals surface area contributed by atoms with Crippen LogP contribution in [-0.4, -0.2) is 64.0 Å². The number of amides is 2. The van der Waals surface area contributed by atoms with Gasteiger partial charge in [0, 0.05) is 18.1 Å². The second-order valence-electron chi connectivity index (χ2n) is 7.90. The van der Waals surface area contributed by atoms with Crippen LogP contribution < -0.4 is 10.1 Å². The standard InChI is InChI=1S/C22H27ClF2N4O4S/c1-2-29(10-6-5-9-28-7-3-4-8-28)22(32)26-20-18(21(30)31)19(27-34-20)33-13-15-16(24)11-14(23)12-17(15)25/h11-12H,2-10,13H2,1H3,(H,26,32)(H,30,31). The average Bonchev–Trinajstić information content (AvgIpc) is 3.43. The number of urea groups is 1. The number of hydrogen-bond donors (Lipinski definition) is 2. The Labute approximate surface area is 205 Å². The third-order valence-electron chi connectivity index (χ3n) is 5.57. The monoisotopic (exact) mass is 516 g/mol. The number of rotatable bonds is 11. The Kier molecular flexibility index (Phi) is 9.43. The van der Waals surface area contributed by atoms with E-state index in [1.165, 1.54) is 12.8 Å². The molecular weight excluding hydrogens is 490 g/mol. The summed E-state index contributed by atoms with van der Waals surface area (Å²) >= 11 is 6.33. The van der Waals surface area contributed by atoms with Gasteiger partial charge in [0.2, 0.25) is 5.88 Å². The van der Waals surface area contributed by atoms with Crippen LogP contribution in [-0.2, 0) is 6.61 Å². The smallest absolute Gasteiger partial charge is 0.344 e. The normalized spacial score (nSPS) is 13.8. The molecule has 0 aliphatic carbocycles. The third kappa shape index (κ3) is 6.77. The second kappa shape index (κ2) is 12.3. The first-order chi connectivity index (χ1) is 16.3. The van der Waals surface area contributed by atoms with Crippen LogP contribution in [0.15, 0.2) is 12.1 Å². The molecule has 186 valence electrons. The van der Waals surface area contributed by atoms with Gasteiger partial charge in [0.1, 0.15) is 23.2 Å². The number of unbranched alkanes of at least 4 members (excludes halogenated alkanes) is 1. The lowest BCUT2D eigenvalue weighted by Crippen LogP contribution is -2.36. The van der Waals surface area contributed by atoms with E-state index >= 15 is 0 Å². The van der Waals surface area contributed by atoms with Crippen molar-refractivity contribution in [1.29, 1.82) is 0 Å². The number of aromatic carboxylic acids is 1. The van der Waals surface area contributed by atoms with Crippen LogP contribution in [0.4, 0.5) is 18.6 Å². The second-order valence-corrected chi connectivity index (χ2v) is 9.11. The predicted octanol–water partition coefficient (Wildman–Crippen LogP) is 5.08. The highest BCUT2D eigenvalue weighted by Gasteiger charge is 2.25. The fourth-order valence-electron chi connectivity index (χ4n) is 3.72. The summed E-state index contributed by atoms with van der Waals surface area (Å²) in [5.41, 5.74) is -0.788. The summed E-state index contributed by atoms with van der Waals surface area (Å²) in [5, 5.41) is 12.1. The summed E-state index contributed by atoms with van der Waals surface area (Å²) in [6.07, 6.45) is 4.28. The number of nitrogens with zero attached hydrogens (tertiary/aromatic N) is 3. The van der Waals surface area contributed by atoms with Gasteiger partial charge in [-0.15, -0.1) is 0 Å². The maximum Gasteiger partial charge on any atom is 0.344 e. The fraction of sp³-hybridized carbons (Fsp3) is 0.500. The molecule has 8 nitrogen and oxygen atoms in total. The maximum absolute atomic E-state index is 14.0. The van der Waals surface area contributed by atoms with Gasteiger partial charge in [0.25, 0.3) is 0 Å². The van der Waals surface area contributed by atoms with Crippen molar-refractivity contribution in [3.63, 3.8) is 0 Å². The van der Waals surface area contributed by atoms with Crippen molar-refractivity contribution in [3.8, 4) is 5.88 Å². The van der Waals surface area contributed by atoms with E-state index in [-0.39, 0.29) is 21.5 Å². The number of carbonyl (C=O) groups excluding carboxylic acids is 1. The number of likely N-dealkylation sites (tertiary alicyclic amines) is 1. The van der Waals surface area contributed by atoms with Crippen LogP contribution in [0.5, 0.6) is 5.88 Å². The zero-order chi connectivity index (χ0) is 24.7. The van der Waals surface area contributed by atoms with E-state index in [2.05, 4.69) is 14.6 Å². The van der Waals surface area contributed by atoms with Crippen molar-refractivity contribution in [1.82, 2.24) is 14.2 Å². The third-order valence-corrected chi connectivity index (χ3v) is 6.54. The zero-order valence-electron chi connectivity index (χ0n) is 18.8. The molecule has 34 heavy (non-hydrogen) atoms. The molecule has 2 aromatic rings. The van der Waals surface area contributed by atoms with Crippen molar-refractivity contribution < 1.29 is 28.2 Å². The summed E-state index contributed by atoms with van der Waals surface area (Å²) in [5.74, 6) is -3.57. The molecule has 0 unspecified atom stereocenters. The Morgan fingerprint density at radius 2 is 1.94 bits per heavy atom. The summed E-state index contributed by atoms with van der Waals surface area (Å²) in [6.45, 7) is 5.50. The van der Waals surface area contributed by atoms with Crippen molar-refractivity contribution >= 4 is 40.1 Å². The number of anilines is 1. The molecule has 1 aromatic heterocycles. The van der Waals surface area contributed by atoms with E-state index in [0.717, 1.165) is 56.1 Å². The Bertz CT molecular complexity index is 994. The molecule has 0 bridgehead atoms. The topological polar surface area (TPSA) is 95.0 Å². The van der Waals surface area contributed by atoms with Crippen molar-refractivity contribution in [2.24, 2.45) is 0 Å². The molecule has 12 heteroatoms. The van der Waals surface area contributed by atoms with Gasteiger partial charge in [-0.05, 0) is 75.9 Å². The summed E-state index contributed by atoms with van der Waals surface area (Å²) in [4.78, 5) is 28.5. The number of carboxylic acid groups (broad SMARTS) is 1. The lowest BCUT2D eigenvalue weighted by molar-refractivity contribution is 0.0693. The lowest BCUT2D eigenvalue weighted by Gasteiger charge is -2.22. The van der Waals surface area contributed by atoms with Gasteiger partial charge >= 0.3 is 12.0 Å². The molecule has 1 aliphatic heterocycles. The van der Waals surface area contributed by atoms with Gasteiger partial charge in [-0.1, -0.05) is 11.6 Å². The molecule has 0 saturated carbocycles. The van der Waals surface area contributed by atoms with Gasteiger partial charge in [-0.2, -0.15) is 4.37 Å². The largest absolute Gasteiger partial charge is 0.477 e. The Balaban J connectivity index is 1.60. The first-order valence-corrected chi connectivity index (χ1v) is 12.2. The molecule has 0 spiro atoms. The van der Waals surface area contributed by atoms with Gasteiger partial charge in [-0.3, -0.25) is 5.32 Å². The van der Waals surface area contributed by atoms with Crippen LogP contribution in [0.1, 0.15) is 48.5 Å². The molecule has 2 heterocycles. The first kappa shape index (κ1) is 26.1. The van der Waals surface area contributed by atoms with Crippen molar-refractivity contribution in [2.75, 3.05) is 38.0 Å². The number of carbonyl (C=O) groups is 2. The van der Waals surface area contributed by atoms with Crippen LogP contribution in [0.2, 0.25) is 5.02 Å². The fourth-order valence-corrected chi connectivity index (χ4v) is 4.63.